The highest BCUT2D eigenvalue weighted by atomic mass is 19.1. The summed E-state index contributed by atoms with van der Waals surface area (Å²) in [5, 5.41) is 0. The van der Waals surface area contributed by atoms with Crippen molar-refractivity contribution < 1.29 is 37.4 Å². The smallest absolute Gasteiger partial charge is 0.410 e. The molecule has 43 heavy (non-hydrogen) atoms. The highest BCUT2D eigenvalue weighted by Gasteiger charge is 2.33. The van der Waals surface area contributed by atoms with Crippen molar-refractivity contribution in [2.45, 2.75) is 45.8 Å². The van der Waals surface area contributed by atoms with Gasteiger partial charge in [0.1, 0.15) is 29.4 Å². The summed E-state index contributed by atoms with van der Waals surface area (Å²) >= 11 is 0. The van der Waals surface area contributed by atoms with Crippen LogP contribution in [0.25, 0.3) is 16.9 Å². The lowest BCUT2D eigenvalue weighted by Gasteiger charge is -2.35. The summed E-state index contributed by atoms with van der Waals surface area (Å²) in [7, 11) is 1.31. The summed E-state index contributed by atoms with van der Waals surface area (Å²) in [5.41, 5.74) is 1.02. The van der Waals surface area contributed by atoms with Crippen molar-refractivity contribution in [1.82, 2.24) is 19.2 Å². The van der Waals surface area contributed by atoms with Crippen molar-refractivity contribution in [2.24, 2.45) is 0 Å². The number of amides is 3. The minimum atomic E-state index is -0.889. The molecule has 0 unspecified atom stereocenters. The maximum Gasteiger partial charge on any atom is 0.410 e. The molecule has 0 N–H and O–H groups in total. The average Bonchev–Trinajstić information content (AvgIpc) is 3.27. The van der Waals surface area contributed by atoms with E-state index in [1.807, 2.05) is 19.1 Å². The van der Waals surface area contributed by atoms with Crippen LogP contribution in [0.15, 0.2) is 30.5 Å². The first kappa shape index (κ1) is 30.2. The number of aryl methyl sites for hydroxylation is 1. The average molecular weight is 600 g/mol. The first-order chi connectivity index (χ1) is 20.3. The molecule has 0 radical (unpaired) electrons. The van der Waals surface area contributed by atoms with Crippen LogP contribution in [0, 0.1) is 18.6 Å². The van der Waals surface area contributed by atoms with Gasteiger partial charge in [0.25, 0.3) is 0 Å². The number of aromatic nitrogens is 2. The Labute approximate surface area is 247 Å². The quantitative estimate of drug-likeness (QED) is 0.443. The molecular weight excluding hydrogens is 564 g/mol. The molecule has 13 heteroatoms. The Morgan fingerprint density at radius 1 is 1.07 bits per heavy atom. The van der Waals surface area contributed by atoms with E-state index in [1.54, 1.807) is 31.4 Å². The van der Waals surface area contributed by atoms with Crippen LogP contribution in [0.2, 0.25) is 0 Å². The molecule has 11 nitrogen and oxygen atoms in total. The summed E-state index contributed by atoms with van der Waals surface area (Å²) in [5.74, 6) is -2.27. The molecule has 1 atom stereocenters. The highest BCUT2D eigenvalue weighted by molar-refractivity contribution is 5.97. The van der Waals surface area contributed by atoms with Crippen molar-refractivity contribution in [2.75, 3.05) is 51.3 Å². The fraction of sp³-hybridized carbons (Fsp3) is 0.467. The van der Waals surface area contributed by atoms with Gasteiger partial charge in [0.05, 0.1) is 43.3 Å². The summed E-state index contributed by atoms with van der Waals surface area (Å²) in [6.45, 7) is 7.89. The lowest BCUT2D eigenvalue weighted by molar-refractivity contribution is -0.121. The third-order valence-corrected chi connectivity index (χ3v) is 7.32. The number of morpholine rings is 1. The Balaban J connectivity index is 1.44. The number of methoxy groups -OCH3 is 1. The number of hydrogen-bond donors (Lipinski definition) is 0. The van der Waals surface area contributed by atoms with Gasteiger partial charge in [-0.3, -0.25) is 9.69 Å². The van der Waals surface area contributed by atoms with Crippen molar-refractivity contribution >= 4 is 29.4 Å². The standard InChI is InChI=1S/C30H35F2N5O6/c1-18-6-7-37-23(15-20-16-35(10-11-42-20)28(39)41-5)27(33-24(37)12-18)26-21(31)13-19(14-22(26)32)36-9-8-34(17-25(36)38)29(40)43-30(2,3)4/h6-7,12-14,20H,8-11,15-17H2,1-5H3/t20-/m0/s1. The molecule has 230 valence electrons. The monoisotopic (exact) mass is 599 g/mol. The van der Waals surface area contributed by atoms with Crippen LogP contribution in [0.1, 0.15) is 32.0 Å². The van der Waals surface area contributed by atoms with Gasteiger partial charge in [0, 0.05) is 37.9 Å². The van der Waals surface area contributed by atoms with Gasteiger partial charge in [-0.25, -0.2) is 23.4 Å². The zero-order valence-corrected chi connectivity index (χ0v) is 24.9. The van der Waals surface area contributed by atoms with Crippen LogP contribution in [-0.2, 0) is 25.4 Å². The molecule has 0 aliphatic carbocycles. The number of rotatable bonds is 4. The Morgan fingerprint density at radius 3 is 2.44 bits per heavy atom. The number of carbonyl (C=O) groups excluding carboxylic acids is 3. The van der Waals surface area contributed by atoms with Crippen LogP contribution in [0.3, 0.4) is 0 Å². The van der Waals surface area contributed by atoms with Crippen LogP contribution < -0.4 is 4.90 Å². The van der Waals surface area contributed by atoms with Crippen molar-refractivity contribution in [3.63, 3.8) is 0 Å². The van der Waals surface area contributed by atoms with E-state index in [1.165, 1.54) is 21.8 Å². The summed E-state index contributed by atoms with van der Waals surface area (Å²) < 4.78 is 49.5. The predicted molar refractivity (Wildman–Crippen MR) is 153 cm³/mol. The minimum Gasteiger partial charge on any atom is -0.453 e. The molecule has 1 aromatic carbocycles. The number of imidazole rings is 1. The third kappa shape index (κ3) is 6.41. The summed E-state index contributed by atoms with van der Waals surface area (Å²) in [4.78, 5) is 46.1. The van der Waals surface area contributed by atoms with Gasteiger partial charge >= 0.3 is 12.2 Å². The maximum absolute atomic E-state index is 15.8. The second-order valence-electron chi connectivity index (χ2n) is 11.7. The number of nitrogens with zero attached hydrogens (tertiary/aromatic N) is 5. The van der Waals surface area contributed by atoms with Gasteiger partial charge < -0.3 is 28.4 Å². The molecule has 3 aromatic rings. The molecule has 3 amide bonds. The van der Waals surface area contributed by atoms with Crippen molar-refractivity contribution in [3.05, 3.63) is 53.4 Å². The third-order valence-electron chi connectivity index (χ3n) is 7.32. The van der Waals surface area contributed by atoms with E-state index in [4.69, 9.17) is 14.2 Å². The molecule has 0 spiro atoms. The van der Waals surface area contributed by atoms with Gasteiger partial charge in [0.2, 0.25) is 5.91 Å². The summed E-state index contributed by atoms with van der Waals surface area (Å²) in [6.07, 6.45) is 0.441. The van der Waals surface area contributed by atoms with Gasteiger partial charge in [-0.05, 0) is 57.5 Å². The lowest BCUT2D eigenvalue weighted by Crippen LogP contribution is -2.53. The molecule has 2 saturated heterocycles. The molecule has 0 bridgehead atoms. The van der Waals surface area contributed by atoms with Gasteiger partial charge in [-0.15, -0.1) is 0 Å². The normalized spacial score (nSPS) is 17.9. The molecular formula is C30H35F2N5O6. The minimum absolute atomic E-state index is 0.0399. The first-order valence-corrected chi connectivity index (χ1v) is 14.0. The lowest BCUT2D eigenvalue weighted by atomic mass is 10.0. The number of anilines is 1. The number of ether oxygens (including phenoxy) is 3. The van der Waals surface area contributed by atoms with Crippen LogP contribution in [0.4, 0.5) is 24.1 Å². The Hall–Kier alpha value is -4.26. The van der Waals surface area contributed by atoms with Gasteiger partial charge in [0.15, 0.2) is 0 Å². The predicted octanol–water partition coefficient (Wildman–Crippen LogP) is 4.18. The second kappa shape index (κ2) is 11.8. The number of fused-ring (bicyclic) bond motifs is 1. The van der Waals surface area contributed by atoms with Gasteiger partial charge in [-0.2, -0.15) is 0 Å². The zero-order valence-electron chi connectivity index (χ0n) is 24.9. The number of pyridine rings is 1. The topological polar surface area (TPSA) is 106 Å². The number of hydrogen-bond acceptors (Lipinski definition) is 7. The van der Waals surface area contributed by atoms with E-state index in [0.29, 0.717) is 17.9 Å². The Morgan fingerprint density at radius 2 is 1.79 bits per heavy atom. The Kier molecular flexibility index (Phi) is 8.28. The van der Waals surface area contributed by atoms with Crippen molar-refractivity contribution in [3.8, 4) is 11.3 Å². The van der Waals surface area contributed by atoms with E-state index in [-0.39, 0.29) is 56.2 Å². The number of halogens is 2. The first-order valence-electron chi connectivity index (χ1n) is 14.0. The number of piperazine rings is 1. The molecule has 2 aromatic heterocycles. The van der Waals surface area contributed by atoms with Crippen molar-refractivity contribution in [1.29, 1.82) is 0 Å². The van der Waals surface area contributed by atoms with Crippen LogP contribution in [-0.4, -0.2) is 95.4 Å². The maximum atomic E-state index is 15.8. The zero-order chi connectivity index (χ0) is 31.1. The largest absolute Gasteiger partial charge is 0.453 e. The van der Waals surface area contributed by atoms with Gasteiger partial charge in [-0.1, -0.05) is 0 Å². The molecule has 0 saturated carbocycles. The van der Waals surface area contributed by atoms with E-state index in [2.05, 4.69) is 4.98 Å². The molecule has 2 fully saturated rings. The Bertz CT molecular complexity index is 1550. The number of benzene rings is 1. The molecule has 2 aliphatic heterocycles. The second-order valence-corrected chi connectivity index (χ2v) is 11.7. The summed E-state index contributed by atoms with van der Waals surface area (Å²) in [6, 6.07) is 5.88. The molecule has 4 heterocycles. The van der Waals surface area contributed by atoms with E-state index >= 15 is 8.78 Å². The van der Waals surface area contributed by atoms with E-state index in [9.17, 15) is 14.4 Å². The van der Waals surface area contributed by atoms with Crippen LogP contribution in [0.5, 0.6) is 0 Å². The highest BCUT2D eigenvalue weighted by Crippen LogP contribution is 2.34. The van der Waals surface area contributed by atoms with Crippen LogP contribution >= 0.6 is 0 Å². The SMILES string of the molecule is COC(=O)N1CCO[C@@H](Cc2c(-c3c(F)cc(N4CCN(C(=O)OC(C)(C)C)CC4=O)cc3F)nc3cc(C)ccn23)C1. The van der Waals surface area contributed by atoms with E-state index < -0.39 is 41.4 Å². The molecule has 5 rings (SSSR count). The molecule has 2 aliphatic rings. The van der Waals surface area contributed by atoms with E-state index in [0.717, 1.165) is 17.7 Å². The number of carbonyl (C=O) groups is 3. The fourth-order valence-corrected chi connectivity index (χ4v) is 5.32. The fourth-order valence-electron chi connectivity index (χ4n) is 5.32.